The Balaban J connectivity index is 1.66. The van der Waals surface area contributed by atoms with Crippen LogP contribution in [-0.4, -0.2) is 26.2 Å². The average molecular weight is 593 g/mol. The van der Waals surface area contributed by atoms with Crippen molar-refractivity contribution >= 4 is 35.7 Å². The second kappa shape index (κ2) is 21.4. The maximum Gasteiger partial charge on any atom is 0.0366 e. The summed E-state index contributed by atoms with van der Waals surface area (Å²) in [7, 11) is 0. The molecule has 0 unspecified atom stereocenters. The van der Waals surface area contributed by atoms with E-state index in [-0.39, 0.29) is 0 Å². The first kappa shape index (κ1) is 35.2. The van der Waals surface area contributed by atoms with Crippen LogP contribution in [0.5, 0.6) is 0 Å². The molecule has 0 N–H and O–H groups in total. The van der Waals surface area contributed by atoms with Crippen LogP contribution in [0.15, 0.2) is 72.8 Å². The van der Waals surface area contributed by atoms with Crippen molar-refractivity contribution in [3.63, 3.8) is 0 Å². The zero-order valence-electron chi connectivity index (χ0n) is 28.4. The molecular weight excluding hydrogens is 532 g/mol. The Bertz CT molecular complexity index is 1090. The lowest BCUT2D eigenvalue weighted by Crippen LogP contribution is -2.25. The van der Waals surface area contributed by atoms with E-state index >= 15 is 0 Å². The van der Waals surface area contributed by atoms with Gasteiger partial charge in [-0.3, -0.25) is 0 Å². The van der Waals surface area contributed by atoms with E-state index in [0.717, 1.165) is 26.2 Å². The number of hydrogen-bond acceptors (Lipinski definition) is 2. The number of rotatable bonds is 22. The third-order valence-electron chi connectivity index (χ3n) is 8.55. The molecule has 0 fully saturated rings. The summed E-state index contributed by atoms with van der Waals surface area (Å²) in [5.74, 6) is 0. The smallest absolute Gasteiger partial charge is 0.0366 e. The minimum Gasteiger partial charge on any atom is -0.372 e. The van der Waals surface area contributed by atoms with Gasteiger partial charge < -0.3 is 9.80 Å². The Morgan fingerprint density at radius 3 is 1.00 bits per heavy atom. The largest absolute Gasteiger partial charge is 0.372 e. The first-order valence-corrected chi connectivity index (χ1v) is 17.8. The van der Waals surface area contributed by atoms with Gasteiger partial charge >= 0.3 is 0 Å². The molecule has 0 aliphatic rings. The summed E-state index contributed by atoms with van der Waals surface area (Å²) in [5.41, 5.74) is 7.68. The van der Waals surface area contributed by atoms with Gasteiger partial charge in [0.1, 0.15) is 0 Å². The monoisotopic (exact) mass is 592 g/mol. The molecule has 3 aromatic rings. The molecule has 238 valence electrons. The summed E-state index contributed by atoms with van der Waals surface area (Å²) in [4.78, 5) is 5.17. The minimum atomic E-state index is 1.16. The molecule has 2 nitrogen and oxygen atoms in total. The van der Waals surface area contributed by atoms with Gasteiger partial charge in [0, 0.05) is 37.6 Å². The molecule has 0 aliphatic heterocycles. The highest BCUT2D eigenvalue weighted by Gasteiger charge is 2.07. The van der Waals surface area contributed by atoms with Gasteiger partial charge in [0.05, 0.1) is 0 Å². The Kier molecular flexibility index (Phi) is 17.2. The molecule has 3 aromatic carbocycles. The van der Waals surface area contributed by atoms with Gasteiger partial charge in [0.2, 0.25) is 0 Å². The molecule has 0 saturated carbocycles. The van der Waals surface area contributed by atoms with Crippen LogP contribution in [0.25, 0.3) is 24.3 Å². The van der Waals surface area contributed by atoms with E-state index in [4.69, 9.17) is 0 Å². The number of unbranched alkanes of at least 4 members (excludes halogenated alkanes) is 8. The standard InChI is InChI=1S/C42H60N2/c1-5-9-15-33-43(34-16-10-6-2)41-29-23-37(24-30-41)21-27-39-19-13-14-20-40(39)28-22-38-25-31-42(32-26-38)44(35-17-11-7-3)36-18-12-8-4/h13-14,19-32H,5-12,15-18,33-36H2,1-4H3/b27-21+,28-22+. The summed E-state index contributed by atoms with van der Waals surface area (Å²) in [5, 5.41) is 0. The van der Waals surface area contributed by atoms with Gasteiger partial charge in [0.25, 0.3) is 0 Å². The fourth-order valence-corrected chi connectivity index (χ4v) is 5.73. The third kappa shape index (κ3) is 12.8. The molecule has 0 atom stereocenters. The molecule has 0 radical (unpaired) electrons. The fraction of sp³-hybridized carbons (Fsp3) is 0.476. The van der Waals surface area contributed by atoms with Crippen LogP contribution < -0.4 is 9.80 Å². The molecule has 0 bridgehead atoms. The molecule has 44 heavy (non-hydrogen) atoms. The van der Waals surface area contributed by atoms with Crippen LogP contribution in [0.1, 0.15) is 127 Å². The van der Waals surface area contributed by atoms with Gasteiger partial charge in [0.15, 0.2) is 0 Å². The SMILES string of the molecule is CCCCCN(CCCCC)c1ccc(/C=C/c2ccccc2/C=C/c2ccc(N(CCCCC)CCCCC)cc2)cc1. The van der Waals surface area contributed by atoms with Crippen LogP contribution in [-0.2, 0) is 0 Å². The van der Waals surface area contributed by atoms with Crippen molar-refractivity contribution in [2.75, 3.05) is 36.0 Å². The van der Waals surface area contributed by atoms with E-state index in [2.05, 4.69) is 135 Å². The van der Waals surface area contributed by atoms with Crippen LogP contribution in [0.3, 0.4) is 0 Å². The molecular formula is C42H60N2. The van der Waals surface area contributed by atoms with E-state index in [0.29, 0.717) is 0 Å². The molecule has 0 spiro atoms. The average Bonchev–Trinajstić information content (AvgIpc) is 3.06. The molecule has 3 rings (SSSR count). The summed E-state index contributed by atoms with van der Waals surface area (Å²) >= 11 is 0. The van der Waals surface area contributed by atoms with Crippen LogP contribution >= 0.6 is 0 Å². The van der Waals surface area contributed by atoms with Crippen molar-refractivity contribution in [1.82, 2.24) is 0 Å². The predicted octanol–water partition coefficient (Wildman–Crippen LogP) is 12.4. The highest BCUT2D eigenvalue weighted by atomic mass is 15.1. The normalized spacial score (nSPS) is 11.5. The Morgan fingerprint density at radius 1 is 0.386 bits per heavy atom. The number of nitrogens with zero attached hydrogens (tertiary/aromatic N) is 2. The second-order valence-corrected chi connectivity index (χ2v) is 12.3. The van der Waals surface area contributed by atoms with Crippen molar-refractivity contribution in [3.05, 3.63) is 95.1 Å². The summed E-state index contributed by atoms with van der Waals surface area (Å²) in [6, 6.07) is 27.0. The summed E-state index contributed by atoms with van der Waals surface area (Å²) in [6.07, 6.45) is 24.4. The number of anilines is 2. The zero-order valence-corrected chi connectivity index (χ0v) is 28.4. The van der Waals surface area contributed by atoms with E-state index < -0.39 is 0 Å². The highest BCUT2D eigenvalue weighted by Crippen LogP contribution is 2.22. The van der Waals surface area contributed by atoms with Gasteiger partial charge in [-0.05, 0) is 72.2 Å². The van der Waals surface area contributed by atoms with Crippen molar-refractivity contribution < 1.29 is 0 Å². The molecule has 2 heteroatoms. The van der Waals surface area contributed by atoms with Crippen molar-refractivity contribution in [1.29, 1.82) is 0 Å². The zero-order chi connectivity index (χ0) is 31.2. The van der Waals surface area contributed by atoms with Gasteiger partial charge in [-0.1, -0.05) is 152 Å². The molecule has 0 heterocycles. The fourth-order valence-electron chi connectivity index (χ4n) is 5.73. The maximum atomic E-state index is 2.59. The summed E-state index contributed by atoms with van der Waals surface area (Å²) < 4.78 is 0. The van der Waals surface area contributed by atoms with E-state index in [1.165, 1.54) is 111 Å². The molecule has 0 aliphatic carbocycles. The lowest BCUT2D eigenvalue weighted by atomic mass is 10.0. The Hall–Kier alpha value is -3.26. The topological polar surface area (TPSA) is 6.48 Å². The van der Waals surface area contributed by atoms with Gasteiger partial charge in [-0.15, -0.1) is 0 Å². The first-order chi connectivity index (χ1) is 21.7. The molecule has 0 amide bonds. The molecule has 0 saturated heterocycles. The maximum absolute atomic E-state index is 2.59. The lowest BCUT2D eigenvalue weighted by molar-refractivity contribution is 0.636. The van der Waals surface area contributed by atoms with Crippen molar-refractivity contribution in [3.8, 4) is 0 Å². The van der Waals surface area contributed by atoms with E-state index in [1.807, 2.05) is 0 Å². The Morgan fingerprint density at radius 2 is 0.705 bits per heavy atom. The third-order valence-corrected chi connectivity index (χ3v) is 8.55. The van der Waals surface area contributed by atoms with E-state index in [1.54, 1.807) is 0 Å². The number of benzene rings is 3. The lowest BCUT2D eigenvalue weighted by Gasteiger charge is -2.25. The quantitative estimate of drug-likeness (QED) is 0.0845. The van der Waals surface area contributed by atoms with Gasteiger partial charge in [-0.25, -0.2) is 0 Å². The minimum absolute atomic E-state index is 1.16. The van der Waals surface area contributed by atoms with Crippen molar-refractivity contribution in [2.24, 2.45) is 0 Å². The van der Waals surface area contributed by atoms with Gasteiger partial charge in [-0.2, -0.15) is 0 Å². The van der Waals surface area contributed by atoms with Crippen molar-refractivity contribution in [2.45, 2.75) is 105 Å². The van der Waals surface area contributed by atoms with E-state index in [9.17, 15) is 0 Å². The molecule has 0 aromatic heterocycles. The predicted molar refractivity (Wildman–Crippen MR) is 200 cm³/mol. The van der Waals surface area contributed by atoms with Crippen LogP contribution in [0.4, 0.5) is 11.4 Å². The summed E-state index contributed by atoms with van der Waals surface area (Å²) in [6.45, 7) is 13.8. The first-order valence-electron chi connectivity index (χ1n) is 17.8. The van der Waals surface area contributed by atoms with Crippen LogP contribution in [0.2, 0.25) is 0 Å². The number of hydrogen-bond donors (Lipinski definition) is 0. The second-order valence-electron chi connectivity index (χ2n) is 12.3. The van der Waals surface area contributed by atoms with Crippen LogP contribution in [0, 0.1) is 0 Å². The Labute approximate surface area is 270 Å². The highest BCUT2D eigenvalue weighted by molar-refractivity contribution is 5.79.